The van der Waals surface area contributed by atoms with Crippen molar-refractivity contribution in [3.8, 4) is 0 Å². The molecule has 3 heterocycles. The van der Waals surface area contributed by atoms with Gasteiger partial charge in [-0.2, -0.15) is 4.98 Å². The molecular formula is C25H30FN7O4S. The van der Waals surface area contributed by atoms with E-state index in [4.69, 9.17) is 5.73 Å². The Morgan fingerprint density at radius 2 is 1.95 bits per heavy atom. The highest BCUT2D eigenvalue weighted by Crippen LogP contribution is 2.52. The standard InChI is InChI=1S/C25H30FN7O4S/c1-32-4-6-33(7-5-32)18-3-2-14-10-15(18)19(34)12-38(36,37)20-9-13-8-16(20)22(21(13)23(27)35)30-24-17(26)11-28-25(29-14)31-24/h2-3,10-11,13,16,20-22H,4-9,12H2,1H3,(H2,27,35)(H2,28,29,30,31). The Balaban J connectivity index is 1.45. The zero-order valence-electron chi connectivity index (χ0n) is 20.9. The maximum absolute atomic E-state index is 14.8. The zero-order valence-corrected chi connectivity index (χ0v) is 21.7. The third-order valence-corrected chi connectivity index (χ3v) is 10.6. The summed E-state index contributed by atoms with van der Waals surface area (Å²) in [5, 5.41) is 5.14. The van der Waals surface area contributed by atoms with E-state index in [0.717, 1.165) is 19.3 Å². The van der Waals surface area contributed by atoms with Crippen LogP contribution in [0, 0.1) is 23.6 Å². The molecular weight excluding hydrogens is 513 g/mol. The van der Waals surface area contributed by atoms with Crippen molar-refractivity contribution in [2.75, 3.05) is 54.5 Å². The number of nitrogens with zero attached hydrogens (tertiary/aromatic N) is 4. The average Bonchev–Trinajstić information content (AvgIpc) is 3.45. The number of aromatic nitrogens is 2. The van der Waals surface area contributed by atoms with E-state index < -0.39 is 56.2 Å². The molecule has 5 unspecified atom stereocenters. The number of hydrogen-bond donors (Lipinski definition) is 3. The number of rotatable bonds is 2. The van der Waals surface area contributed by atoms with E-state index in [1.165, 1.54) is 0 Å². The number of sulfone groups is 1. The molecule has 1 saturated heterocycles. The van der Waals surface area contributed by atoms with Crippen LogP contribution in [-0.4, -0.2) is 85.2 Å². The molecule has 6 rings (SSSR count). The van der Waals surface area contributed by atoms with E-state index in [0.29, 0.717) is 36.4 Å². The number of likely N-dealkylation sites (N-methyl/N-ethyl adjacent to an activating group) is 1. The fourth-order valence-electron chi connectivity index (χ4n) is 6.66. The van der Waals surface area contributed by atoms with Gasteiger partial charge in [0.2, 0.25) is 11.9 Å². The van der Waals surface area contributed by atoms with E-state index in [1.807, 2.05) is 7.05 Å². The molecule has 1 amide bonds. The number of ketones is 1. The summed E-state index contributed by atoms with van der Waals surface area (Å²) in [7, 11) is -1.86. The Morgan fingerprint density at radius 3 is 2.68 bits per heavy atom. The van der Waals surface area contributed by atoms with Gasteiger partial charge in [0.25, 0.3) is 0 Å². The number of piperazine rings is 1. The molecule has 1 aromatic heterocycles. The van der Waals surface area contributed by atoms with Crippen LogP contribution >= 0.6 is 0 Å². The van der Waals surface area contributed by atoms with E-state index in [2.05, 4.69) is 30.4 Å². The fourth-order valence-corrected chi connectivity index (χ4v) is 8.75. The summed E-state index contributed by atoms with van der Waals surface area (Å²) in [6.45, 7) is 3.04. The quantitative estimate of drug-likeness (QED) is 0.501. The smallest absolute Gasteiger partial charge is 0.229 e. The maximum atomic E-state index is 14.8. The molecule has 4 N–H and O–H groups in total. The molecule has 3 fully saturated rings. The van der Waals surface area contributed by atoms with Gasteiger partial charge in [-0.05, 0) is 49.9 Å². The van der Waals surface area contributed by atoms with Crippen LogP contribution in [0.3, 0.4) is 0 Å². The Kier molecular flexibility index (Phi) is 6.02. The van der Waals surface area contributed by atoms with Crippen molar-refractivity contribution in [1.29, 1.82) is 0 Å². The van der Waals surface area contributed by atoms with Crippen LogP contribution in [-0.2, 0) is 14.6 Å². The SMILES string of the molecule is CN1CCN(c2ccc3cc2C(=O)CS(=O)(=O)C2CC4CC2C(Nc2nc(ncc2F)N3)C4C(N)=O)CC1. The number of Topliss-reactive ketones (excluding diaryl/α,β-unsaturated/α-hetero) is 1. The summed E-state index contributed by atoms with van der Waals surface area (Å²) in [6.07, 6.45) is 1.70. The number of primary amides is 1. The van der Waals surface area contributed by atoms with Gasteiger partial charge in [0.05, 0.1) is 17.4 Å². The molecule has 202 valence electrons. The summed E-state index contributed by atoms with van der Waals surface area (Å²) < 4.78 is 42.1. The first-order valence-electron chi connectivity index (χ1n) is 12.8. The largest absolute Gasteiger partial charge is 0.369 e. The van der Waals surface area contributed by atoms with Crippen LogP contribution in [0.25, 0.3) is 0 Å². The Bertz CT molecular complexity index is 1410. The van der Waals surface area contributed by atoms with Gasteiger partial charge in [-0.3, -0.25) is 9.59 Å². The summed E-state index contributed by atoms with van der Waals surface area (Å²) >= 11 is 0. The maximum Gasteiger partial charge on any atom is 0.229 e. The molecule has 11 nitrogen and oxygen atoms in total. The van der Waals surface area contributed by atoms with Gasteiger partial charge in [-0.1, -0.05) is 0 Å². The van der Waals surface area contributed by atoms with Crippen LogP contribution in [0.4, 0.5) is 27.5 Å². The first kappa shape index (κ1) is 25.0. The van der Waals surface area contributed by atoms with E-state index in [9.17, 15) is 22.4 Å². The van der Waals surface area contributed by atoms with Gasteiger partial charge in [0.1, 0.15) is 5.75 Å². The molecule has 2 aliphatic carbocycles. The topological polar surface area (TPSA) is 151 Å². The summed E-state index contributed by atoms with van der Waals surface area (Å²) in [6, 6.07) is 4.45. The molecule has 2 aliphatic heterocycles. The number of anilines is 4. The minimum atomic E-state index is -3.89. The van der Waals surface area contributed by atoms with Gasteiger partial charge in [0, 0.05) is 49.2 Å². The van der Waals surface area contributed by atoms with E-state index in [-0.39, 0.29) is 24.1 Å². The van der Waals surface area contributed by atoms with Crippen LogP contribution < -0.4 is 21.3 Å². The van der Waals surface area contributed by atoms with Crippen LogP contribution in [0.5, 0.6) is 0 Å². The minimum absolute atomic E-state index is 0.0969. The number of benzene rings is 1. The molecule has 2 saturated carbocycles. The Labute approximate surface area is 219 Å². The summed E-state index contributed by atoms with van der Waals surface area (Å²) in [5.74, 6) is -3.91. The summed E-state index contributed by atoms with van der Waals surface area (Å²) in [5.41, 5.74) is 7.14. The number of halogens is 1. The normalized spacial score (nSPS) is 30.3. The number of fused-ring (bicyclic) bond motifs is 5. The second-order valence-corrected chi connectivity index (χ2v) is 13.0. The molecule has 0 radical (unpaired) electrons. The first-order valence-corrected chi connectivity index (χ1v) is 14.5. The van der Waals surface area contributed by atoms with Crippen molar-refractivity contribution < 1.29 is 22.4 Å². The van der Waals surface area contributed by atoms with Gasteiger partial charge >= 0.3 is 0 Å². The van der Waals surface area contributed by atoms with Crippen molar-refractivity contribution in [1.82, 2.24) is 14.9 Å². The predicted octanol–water partition coefficient (Wildman–Crippen LogP) is 1.01. The van der Waals surface area contributed by atoms with Crippen molar-refractivity contribution in [2.24, 2.45) is 23.5 Å². The lowest BCUT2D eigenvalue weighted by Crippen LogP contribution is -2.49. The van der Waals surface area contributed by atoms with Crippen molar-refractivity contribution >= 4 is 44.7 Å². The van der Waals surface area contributed by atoms with Crippen molar-refractivity contribution in [3.05, 3.63) is 35.8 Å². The van der Waals surface area contributed by atoms with Gasteiger partial charge in [0.15, 0.2) is 27.3 Å². The number of nitrogens with one attached hydrogen (secondary N) is 2. The molecule has 2 aromatic rings. The molecule has 38 heavy (non-hydrogen) atoms. The highest BCUT2D eigenvalue weighted by atomic mass is 32.2. The lowest BCUT2D eigenvalue weighted by atomic mass is 9.83. The molecule has 1 aromatic carbocycles. The van der Waals surface area contributed by atoms with Gasteiger partial charge in [-0.25, -0.2) is 17.8 Å². The zero-order chi connectivity index (χ0) is 26.8. The molecule has 0 spiro atoms. The van der Waals surface area contributed by atoms with Gasteiger partial charge in [-0.15, -0.1) is 0 Å². The second-order valence-electron chi connectivity index (χ2n) is 10.8. The lowest BCUT2D eigenvalue weighted by molar-refractivity contribution is -0.123. The van der Waals surface area contributed by atoms with Crippen molar-refractivity contribution in [2.45, 2.75) is 24.1 Å². The number of carbonyl (C=O) groups excluding carboxylic acids is 2. The predicted molar refractivity (Wildman–Crippen MR) is 140 cm³/mol. The van der Waals surface area contributed by atoms with Crippen LogP contribution in [0.1, 0.15) is 23.2 Å². The number of carbonyl (C=O) groups is 2. The number of amides is 1. The second kappa shape index (κ2) is 9.16. The van der Waals surface area contributed by atoms with Gasteiger partial charge < -0.3 is 26.2 Å². The minimum Gasteiger partial charge on any atom is -0.369 e. The van der Waals surface area contributed by atoms with E-state index >= 15 is 0 Å². The van der Waals surface area contributed by atoms with Crippen molar-refractivity contribution in [3.63, 3.8) is 0 Å². The number of hydrogen-bond acceptors (Lipinski definition) is 10. The monoisotopic (exact) mass is 543 g/mol. The third-order valence-electron chi connectivity index (χ3n) is 8.51. The molecule has 6 bridgehead atoms. The highest BCUT2D eigenvalue weighted by Gasteiger charge is 2.58. The van der Waals surface area contributed by atoms with E-state index in [1.54, 1.807) is 18.2 Å². The molecule has 5 atom stereocenters. The Hall–Kier alpha value is -3.32. The highest BCUT2D eigenvalue weighted by molar-refractivity contribution is 7.92. The van der Waals surface area contributed by atoms with Crippen LogP contribution in [0.2, 0.25) is 0 Å². The van der Waals surface area contributed by atoms with Crippen LogP contribution in [0.15, 0.2) is 24.4 Å². The molecule has 4 aliphatic rings. The lowest BCUT2D eigenvalue weighted by Gasteiger charge is -2.36. The number of nitrogens with two attached hydrogens (primary N) is 1. The third kappa shape index (κ3) is 4.27. The first-order chi connectivity index (χ1) is 18.1. The Morgan fingerprint density at radius 1 is 1.18 bits per heavy atom. The fraction of sp³-hybridized carbons (Fsp3) is 0.520. The molecule has 13 heteroatoms. The average molecular weight is 544 g/mol. The summed E-state index contributed by atoms with van der Waals surface area (Å²) in [4.78, 5) is 38.6.